The average molecular weight is 321 g/mol. The first-order valence-electron chi connectivity index (χ1n) is 5.61. The predicted molar refractivity (Wildman–Crippen MR) is 72.2 cm³/mol. The van der Waals surface area contributed by atoms with Gasteiger partial charge in [-0.05, 0) is 12.0 Å². The Morgan fingerprint density at radius 2 is 2.00 bits per heavy atom. The second-order valence-corrected chi connectivity index (χ2v) is 7.18. The molecule has 2 N–H and O–H groups in total. The van der Waals surface area contributed by atoms with Gasteiger partial charge in [0.25, 0.3) is 10.0 Å². The fraction of sp³-hybridized carbons (Fsp3) is 0.455. The van der Waals surface area contributed by atoms with Crippen molar-refractivity contribution in [2.75, 3.05) is 7.11 Å². The zero-order chi connectivity index (χ0) is 15.5. The third-order valence-corrected chi connectivity index (χ3v) is 5.36. The number of carboxylic acids is 1. The molecule has 0 spiro atoms. The largest absolute Gasteiger partial charge is 0.480 e. The van der Waals surface area contributed by atoms with E-state index in [0.29, 0.717) is 0 Å². The maximum absolute atomic E-state index is 12.1. The maximum Gasteiger partial charge on any atom is 0.338 e. The lowest BCUT2D eigenvalue weighted by Crippen LogP contribution is -2.43. The molecule has 0 aliphatic carbocycles. The molecule has 0 unspecified atom stereocenters. The Morgan fingerprint density at radius 1 is 1.40 bits per heavy atom. The normalized spacial score (nSPS) is 13.2. The fourth-order valence-electron chi connectivity index (χ4n) is 1.38. The summed E-state index contributed by atoms with van der Waals surface area (Å²) < 4.78 is 30.6. The Kier molecular flexibility index (Phi) is 5.26. The van der Waals surface area contributed by atoms with E-state index < -0.39 is 33.9 Å². The highest BCUT2D eigenvalue weighted by Gasteiger charge is 2.29. The van der Waals surface area contributed by atoms with Gasteiger partial charge in [-0.25, -0.2) is 13.2 Å². The van der Waals surface area contributed by atoms with Crippen molar-refractivity contribution >= 4 is 33.3 Å². The van der Waals surface area contributed by atoms with Gasteiger partial charge in [0, 0.05) is 5.38 Å². The number of thiophene rings is 1. The van der Waals surface area contributed by atoms with Crippen molar-refractivity contribution in [2.24, 2.45) is 5.92 Å². The van der Waals surface area contributed by atoms with E-state index in [0.717, 1.165) is 17.4 Å². The van der Waals surface area contributed by atoms with Crippen LogP contribution in [-0.2, 0) is 19.6 Å². The number of carbonyl (C=O) groups excluding carboxylic acids is 1. The number of ether oxygens (including phenoxy) is 1. The number of aliphatic carboxylic acids is 1. The summed E-state index contributed by atoms with van der Waals surface area (Å²) in [5, 5.41) is 10.3. The lowest BCUT2D eigenvalue weighted by Gasteiger charge is -2.17. The molecule has 0 amide bonds. The molecule has 1 atom stereocenters. The Balaban J connectivity index is 3.02. The second kappa shape index (κ2) is 6.33. The first-order valence-corrected chi connectivity index (χ1v) is 7.97. The van der Waals surface area contributed by atoms with Gasteiger partial charge < -0.3 is 9.84 Å². The summed E-state index contributed by atoms with van der Waals surface area (Å²) in [5.41, 5.74) is 0.106. The molecule has 0 aliphatic heterocycles. The first-order chi connectivity index (χ1) is 9.19. The average Bonchev–Trinajstić information content (AvgIpc) is 2.84. The van der Waals surface area contributed by atoms with Gasteiger partial charge in [0.05, 0.1) is 12.7 Å². The van der Waals surface area contributed by atoms with E-state index in [-0.39, 0.29) is 9.77 Å². The van der Waals surface area contributed by atoms with Crippen LogP contribution >= 0.6 is 11.3 Å². The number of methoxy groups -OCH3 is 1. The summed E-state index contributed by atoms with van der Waals surface area (Å²) in [5.74, 6) is -2.32. The topological polar surface area (TPSA) is 110 Å². The number of esters is 1. The molecule has 0 aliphatic rings. The van der Waals surface area contributed by atoms with Crippen molar-refractivity contribution < 1.29 is 27.9 Å². The minimum atomic E-state index is -3.99. The number of carbonyl (C=O) groups is 2. The van der Waals surface area contributed by atoms with E-state index in [4.69, 9.17) is 5.11 Å². The van der Waals surface area contributed by atoms with E-state index in [1.807, 2.05) is 0 Å². The standard InChI is InChI=1S/C11H15NO6S2/c1-6(2)9(10(13)14)12-20(16,17)8-4-7(5-19-8)11(15)18-3/h4-6,9,12H,1-3H3,(H,13,14)/t9-/m1/s1. The van der Waals surface area contributed by atoms with Crippen LogP contribution in [0.25, 0.3) is 0 Å². The van der Waals surface area contributed by atoms with Gasteiger partial charge in [0.1, 0.15) is 10.3 Å². The Hall–Kier alpha value is -1.45. The molecule has 112 valence electrons. The lowest BCUT2D eigenvalue weighted by atomic mass is 10.1. The van der Waals surface area contributed by atoms with Crippen molar-refractivity contribution in [1.29, 1.82) is 0 Å². The van der Waals surface area contributed by atoms with Crippen molar-refractivity contribution in [3.63, 3.8) is 0 Å². The minimum absolute atomic E-state index is 0.106. The van der Waals surface area contributed by atoms with Crippen molar-refractivity contribution in [3.05, 3.63) is 17.0 Å². The highest BCUT2D eigenvalue weighted by Crippen LogP contribution is 2.21. The maximum atomic E-state index is 12.1. The summed E-state index contributed by atoms with van der Waals surface area (Å²) in [6, 6.07) is -0.0818. The lowest BCUT2D eigenvalue weighted by molar-refractivity contribution is -0.140. The first kappa shape index (κ1) is 16.6. The van der Waals surface area contributed by atoms with Crippen LogP contribution < -0.4 is 4.72 Å². The summed E-state index contributed by atoms with van der Waals surface area (Å²) in [7, 11) is -2.80. The molecule has 0 saturated carbocycles. The number of carboxylic acid groups (broad SMARTS) is 1. The Bertz CT molecular complexity index is 604. The van der Waals surface area contributed by atoms with Gasteiger partial charge in [-0.1, -0.05) is 13.8 Å². The Morgan fingerprint density at radius 3 is 2.45 bits per heavy atom. The quantitative estimate of drug-likeness (QED) is 0.754. The Labute approximate surface area is 120 Å². The van der Waals surface area contributed by atoms with Crippen molar-refractivity contribution in [3.8, 4) is 0 Å². The van der Waals surface area contributed by atoms with E-state index in [9.17, 15) is 18.0 Å². The van der Waals surface area contributed by atoms with E-state index >= 15 is 0 Å². The molecule has 1 rings (SSSR count). The highest BCUT2D eigenvalue weighted by atomic mass is 32.2. The van der Waals surface area contributed by atoms with Gasteiger partial charge in [0.15, 0.2) is 0 Å². The molecule has 0 radical (unpaired) electrons. The zero-order valence-corrected chi connectivity index (χ0v) is 12.7. The van der Waals surface area contributed by atoms with Gasteiger partial charge in [-0.3, -0.25) is 4.79 Å². The summed E-state index contributed by atoms with van der Waals surface area (Å²) in [4.78, 5) is 22.3. The molecule has 0 bridgehead atoms. The number of rotatable bonds is 6. The molecule has 1 aromatic heterocycles. The van der Waals surface area contributed by atoms with Crippen LogP contribution in [0.4, 0.5) is 0 Å². The molecule has 0 fully saturated rings. The highest BCUT2D eigenvalue weighted by molar-refractivity contribution is 7.91. The molecule has 0 aromatic carbocycles. The predicted octanol–water partition coefficient (Wildman–Crippen LogP) is 0.922. The number of hydrogen-bond acceptors (Lipinski definition) is 6. The number of hydrogen-bond donors (Lipinski definition) is 2. The van der Waals surface area contributed by atoms with Crippen LogP contribution in [0.1, 0.15) is 24.2 Å². The number of sulfonamides is 1. The van der Waals surface area contributed by atoms with Gasteiger partial charge >= 0.3 is 11.9 Å². The zero-order valence-electron chi connectivity index (χ0n) is 11.1. The van der Waals surface area contributed by atoms with Gasteiger partial charge in [-0.15, -0.1) is 11.3 Å². The van der Waals surface area contributed by atoms with Crippen LogP contribution in [0.2, 0.25) is 0 Å². The van der Waals surface area contributed by atoms with Crippen LogP contribution in [0.15, 0.2) is 15.7 Å². The van der Waals surface area contributed by atoms with Crippen LogP contribution in [0.5, 0.6) is 0 Å². The SMILES string of the molecule is COC(=O)c1csc(S(=O)(=O)N[C@@H](C(=O)O)C(C)C)c1. The second-order valence-electron chi connectivity index (χ2n) is 4.33. The molecular weight excluding hydrogens is 306 g/mol. The summed E-state index contributed by atoms with van der Waals surface area (Å²) in [6.07, 6.45) is 0. The third-order valence-electron chi connectivity index (χ3n) is 2.48. The summed E-state index contributed by atoms with van der Waals surface area (Å²) in [6.45, 7) is 3.19. The molecule has 7 nitrogen and oxygen atoms in total. The van der Waals surface area contributed by atoms with Gasteiger partial charge in [0.2, 0.25) is 0 Å². The molecule has 0 saturated heterocycles. The monoisotopic (exact) mass is 321 g/mol. The van der Waals surface area contributed by atoms with Crippen LogP contribution in [0, 0.1) is 5.92 Å². The number of nitrogens with one attached hydrogen (secondary N) is 1. The van der Waals surface area contributed by atoms with Crippen LogP contribution in [-0.4, -0.2) is 38.6 Å². The summed E-state index contributed by atoms with van der Waals surface area (Å²) >= 11 is 0.821. The fourth-order valence-corrected chi connectivity index (χ4v) is 3.88. The smallest absolute Gasteiger partial charge is 0.338 e. The molecule has 9 heteroatoms. The molecular formula is C11H15NO6S2. The van der Waals surface area contributed by atoms with Crippen molar-refractivity contribution in [2.45, 2.75) is 24.1 Å². The minimum Gasteiger partial charge on any atom is -0.480 e. The molecule has 20 heavy (non-hydrogen) atoms. The van der Waals surface area contributed by atoms with E-state index in [1.165, 1.54) is 12.5 Å². The van der Waals surface area contributed by atoms with Crippen molar-refractivity contribution in [1.82, 2.24) is 4.72 Å². The van der Waals surface area contributed by atoms with E-state index in [1.54, 1.807) is 13.8 Å². The van der Waals surface area contributed by atoms with Crippen LogP contribution in [0.3, 0.4) is 0 Å². The molecule has 1 heterocycles. The van der Waals surface area contributed by atoms with Gasteiger partial charge in [-0.2, -0.15) is 4.72 Å². The molecule has 1 aromatic rings. The van der Waals surface area contributed by atoms with E-state index in [2.05, 4.69) is 9.46 Å². The third kappa shape index (κ3) is 3.78.